The summed E-state index contributed by atoms with van der Waals surface area (Å²) in [5.41, 5.74) is 3.19. The number of rotatable bonds is 2. The molecule has 1 aromatic rings. The first-order chi connectivity index (χ1) is 9.97. The summed E-state index contributed by atoms with van der Waals surface area (Å²) in [6.45, 7) is 7.88. The first-order valence-electron chi connectivity index (χ1n) is 7.39. The lowest BCUT2D eigenvalue weighted by molar-refractivity contribution is 0.119. The zero-order valence-corrected chi connectivity index (χ0v) is 13.0. The Labute approximate surface area is 126 Å². The molecule has 0 radical (unpaired) electrons. The van der Waals surface area contributed by atoms with Crippen molar-refractivity contribution in [2.75, 3.05) is 18.5 Å². The second-order valence-corrected chi connectivity index (χ2v) is 6.31. The third-order valence-electron chi connectivity index (χ3n) is 3.53. The van der Waals surface area contributed by atoms with Gasteiger partial charge in [0.1, 0.15) is 0 Å². The SMILES string of the molecule is CC(C)(C)c1ccccc1NC(=O)NC=C1CCOCC1. The van der Waals surface area contributed by atoms with Gasteiger partial charge in [-0.25, -0.2) is 4.79 Å². The predicted molar refractivity (Wildman–Crippen MR) is 85.4 cm³/mol. The summed E-state index contributed by atoms with van der Waals surface area (Å²) >= 11 is 0. The monoisotopic (exact) mass is 288 g/mol. The molecule has 21 heavy (non-hydrogen) atoms. The second-order valence-electron chi connectivity index (χ2n) is 6.31. The Morgan fingerprint density at radius 2 is 1.86 bits per heavy atom. The van der Waals surface area contributed by atoms with E-state index in [4.69, 9.17) is 4.74 Å². The molecule has 4 heteroatoms. The molecule has 0 saturated carbocycles. The van der Waals surface area contributed by atoms with E-state index < -0.39 is 0 Å². The van der Waals surface area contributed by atoms with Crippen LogP contribution in [0.1, 0.15) is 39.2 Å². The summed E-state index contributed by atoms with van der Waals surface area (Å²) in [5.74, 6) is 0. The zero-order valence-electron chi connectivity index (χ0n) is 13.0. The molecule has 0 unspecified atom stereocenters. The van der Waals surface area contributed by atoms with Gasteiger partial charge in [0.05, 0.1) is 13.2 Å². The van der Waals surface area contributed by atoms with Crippen LogP contribution in [0.3, 0.4) is 0 Å². The minimum absolute atomic E-state index is 0.0109. The number of carbonyl (C=O) groups is 1. The number of benzene rings is 1. The number of anilines is 1. The van der Waals surface area contributed by atoms with E-state index in [1.165, 1.54) is 5.57 Å². The van der Waals surface area contributed by atoms with Crippen LogP contribution in [0.25, 0.3) is 0 Å². The smallest absolute Gasteiger partial charge is 0.323 e. The first kappa shape index (κ1) is 15.6. The van der Waals surface area contributed by atoms with E-state index in [1.807, 2.05) is 24.3 Å². The minimum Gasteiger partial charge on any atom is -0.381 e. The average molecular weight is 288 g/mol. The van der Waals surface area contributed by atoms with Crippen molar-refractivity contribution in [2.45, 2.75) is 39.0 Å². The van der Waals surface area contributed by atoms with Crippen LogP contribution in [-0.2, 0) is 10.2 Å². The normalized spacial score (nSPS) is 15.5. The molecule has 1 aliphatic heterocycles. The lowest BCUT2D eigenvalue weighted by Gasteiger charge is -2.23. The lowest BCUT2D eigenvalue weighted by Crippen LogP contribution is -2.27. The van der Waals surface area contributed by atoms with E-state index in [0.717, 1.165) is 37.3 Å². The Morgan fingerprint density at radius 1 is 1.19 bits per heavy atom. The average Bonchev–Trinajstić information content (AvgIpc) is 2.46. The molecule has 0 aromatic heterocycles. The van der Waals surface area contributed by atoms with Crippen LogP contribution in [0.5, 0.6) is 0 Å². The Morgan fingerprint density at radius 3 is 2.52 bits per heavy atom. The van der Waals surface area contributed by atoms with Crippen LogP contribution in [0.4, 0.5) is 10.5 Å². The molecule has 0 atom stereocenters. The fraction of sp³-hybridized carbons (Fsp3) is 0.471. The van der Waals surface area contributed by atoms with Gasteiger partial charge in [-0.15, -0.1) is 0 Å². The molecule has 0 aliphatic carbocycles. The van der Waals surface area contributed by atoms with Crippen LogP contribution in [0, 0.1) is 0 Å². The summed E-state index contributed by atoms with van der Waals surface area (Å²) in [5, 5.41) is 5.74. The summed E-state index contributed by atoms with van der Waals surface area (Å²) < 4.78 is 5.29. The number of carbonyl (C=O) groups excluding carboxylic acids is 1. The third-order valence-corrected chi connectivity index (χ3v) is 3.53. The zero-order chi connectivity index (χ0) is 15.3. The van der Waals surface area contributed by atoms with Gasteiger partial charge in [0.2, 0.25) is 0 Å². The summed E-state index contributed by atoms with van der Waals surface area (Å²) in [6.07, 6.45) is 3.58. The Kier molecular flexibility index (Phi) is 5.02. The Bertz CT molecular complexity index is 522. The van der Waals surface area contributed by atoms with Crippen LogP contribution < -0.4 is 10.6 Å². The number of urea groups is 1. The summed E-state index contributed by atoms with van der Waals surface area (Å²) in [7, 11) is 0. The molecule has 1 aromatic carbocycles. The van der Waals surface area contributed by atoms with Gasteiger partial charge in [-0.1, -0.05) is 39.0 Å². The highest BCUT2D eigenvalue weighted by atomic mass is 16.5. The number of ether oxygens (including phenoxy) is 1. The largest absolute Gasteiger partial charge is 0.381 e. The van der Waals surface area contributed by atoms with Crippen molar-refractivity contribution < 1.29 is 9.53 Å². The maximum atomic E-state index is 12.0. The molecule has 2 N–H and O–H groups in total. The fourth-order valence-electron chi connectivity index (χ4n) is 2.35. The number of nitrogens with one attached hydrogen (secondary N) is 2. The molecular weight excluding hydrogens is 264 g/mol. The highest BCUT2D eigenvalue weighted by molar-refractivity contribution is 5.91. The van der Waals surface area contributed by atoms with Gasteiger partial charge < -0.3 is 15.4 Å². The van der Waals surface area contributed by atoms with Gasteiger partial charge in [-0.2, -0.15) is 0 Å². The summed E-state index contributed by atoms with van der Waals surface area (Å²) in [6, 6.07) is 7.70. The number of hydrogen-bond acceptors (Lipinski definition) is 2. The van der Waals surface area contributed by atoms with Gasteiger partial charge in [-0.05, 0) is 35.5 Å². The van der Waals surface area contributed by atoms with Crippen molar-refractivity contribution in [3.8, 4) is 0 Å². The lowest BCUT2D eigenvalue weighted by atomic mass is 9.86. The molecule has 1 saturated heterocycles. The number of amides is 2. The van der Waals surface area contributed by atoms with Gasteiger partial charge in [0.15, 0.2) is 0 Å². The predicted octanol–water partition coefficient (Wildman–Crippen LogP) is 3.80. The van der Waals surface area contributed by atoms with Crippen LogP contribution in [0.15, 0.2) is 36.0 Å². The molecular formula is C17H24N2O2. The molecule has 1 aliphatic rings. The molecule has 0 spiro atoms. The highest BCUT2D eigenvalue weighted by Crippen LogP contribution is 2.29. The molecule has 2 amide bonds. The highest BCUT2D eigenvalue weighted by Gasteiger charge is 2.18. The summed E-state index contributed by atoms with van der Waals surface area (Å²) in [4.78, 5) is 12.0. The van der Waals surface area contributed by atoms with Gasteiger partial charge in [0.25, 0.3) is 0 Å². The molecule has 4 nitrogen and oxygen atoms in total. The maximum Gasteiger partial charge on any atom is 0.323 e. The standard InChI is InChI=1S/C17H24N2O2/c1-17(2,3)14-6-4-5-7-15(14)19-16(20)18-12-13-8-10-21-11-9-13/h4-7,12H,8-11H2,1-3H3,(H2,18,19,20). The van der Waals surface area contributed by atoms with E-state index in [2.05, 4.69) is 31.4 Å². The van der Waals surface area contributed by atoms with Crippen molar-refractivity contribution in [2.24, 2.45) is 0 Å². The first-order valence-corrected chi connectivity index (χ1v) is 7.39. The van der Waals surface area contributed by atoms with Crippen molar-refractivity contribution in [3.05, 3.63) is 41.6 Å². The quantitative estimate of drug-likeness (QED) is 0.869. The van der Waals surface area contributed by atoms with E-state index in [0.29, 0.717) is 0 Å². The van der Waals surface area contributed by atoms with Crippen molar-refractivity contribution in [1.29, 1.82) is 0 Å². The minimum atomic E-state index is -0.203. The van der Waals surface area contributed by atoms with Gasteiger partial charge >= 0.3 is 6.03 Å². The van der Waals surface area contributed by atoms with E-state index in [9.17, 15) is 4.79 Å². The molecule has 1 heterocycles. The van der Waals surface area contributed by atoms with Crippen molar-refractivity contribution >= 4 is 11.7 Å². The van der Waals surface area contributed by atoms with Crippen molar-refractivity contribution in [1.82, 2.24) is 5.32 Å². The topological polar surface area (TPSA) is 50.4 Å². The second kappa shape index (κ2) is 6.76. The number of para-hydroxylation sites is 1. The van der Waals surface area contributed by atoms with E-state index in [-0.39, 0.29) is 11.4 Å². The Balaban J connectivity index is 2.00. The van der Waals surface area contributed by atoms with E-state index >= 15 is 0 Å². The van der Waals surface area contributed by atoms with E-state index in [1.54, 1.807) is 6.20 Å². The molecule has 1 fully saturated rings. The van der Waals surface area contributed by atoms with Crippen molar-refractivity contribution in [3.63, 3.8) is 0 Å². The van der Waals surface area contributed by atoms with Crippen LogP contribution in [-0.4, -0.2) is 19.2 Å². The van der Waals surface area contributed by atoms with Gasteiger partial charge in [-0.3, -0.25) is 0 Å². The fourth-order valence-corrected chi connectivity index (χ4v) is 2.35. The molecule has 2 rings (SSSR count). The van der Waals surface area contributed by atoms with Crippen LogP contribution >= 0.6 is 0 Å². The Hall–Kier alpha value is -1.81. The molecule has 0 bridgehead atoms. The van der Waals surface area contributed by atoms with Gasteiger partial charge in [0, 0.05) is 11.9 Å². The third kappa shape index (κ3) is 4.60. The maximum absolute atomic E-state index is 12.0. The number of hydrogen-bond donors (Lipinski definition) is 2. The molecule has 114 valence electrons. The van der Waals surface area contributed by atoms with Crippen LogP contribution in [0.2, 0.25) is 0 Å².